The van der Waals surface area contributed by atoms with Crippen molar-refractivity contribution in [2.75, 3.05) is 19.7 Å². The van der Waals surface area contributed by atoms with Gasteiger partial charge in [0.2, 0.25) is 10.1 Å². The van der Waals surface area contributed by atoms with Crippen LogP contribution in [0.15, 0.2) is 65.0 Å². The summed E-state index contributed by atoms with van der Waals surface area (Å²) in [5, 5.41) is 20.4. The van der Waals surface area contributed by atoms with Gasteiger partial charge in [-0.25, -0.2) is 17.5 Å². The summed E-state index contributed by atoms with van der Waals surface area (Å²) in [6, 6.07) is 9.93. The van der Waals surface area contributed by atoms with Gasteiger partial charge in [-0.1, -0.05) is 0 Å². The summed E-state index contributed by atoms with van der Waals surface area (Å²) >= 11 is 0. The van der Waals surface area contributed by atoms with Gasteiger partial charge >= 0.3 is 10.1 Å². The van der Waals surface area contributed by atoms with E-state index in [4.69, 9.17) is 4.18 Å². The number of hydrogen-bond acceptors (Lipinski definition) is 10. The Labute approximate surface area is 245 Å². The van der Waals surface area contributed by atoms with Crippen molar-refractivity contribution < 1.29 is 25.4 Å². The van der Waals surface area contributed by atoms with E-state index in [2.05, 4.69) is 25.5 Å². The predicted octanol–water partition coefficient (Wildman–Crippen LogP) is 1.32. The second-order valence-corrected chi connectivity index (χ2v) is 14.3. The molecule has 0 unspecified atom stereocenters. The first-order chi connectivity index (χ1) is 20.4. The summed E-state index contributed by atoms with van der Waals surface area (Å²) in [5.74, 6) is -0.871. The van der Waals surface area contributed by atoms with Crippen LogP contribution in [0.25, 0.3) is 16.6 Å². The number of fused-ring (bicyclic) bond motifs is 2. The molecular formula is C26H26FN9O5S2. The molecule has 2 fully saturated rings. The normalized spacial score (nSPS) is 22.3. The molecule has 4 heterocycles. The number of nitrogens with zero attached hydrogens (tertiary/aromatic N) is 9. The fraction of sp³-hybridized carbons (Fsp3) is 0.346. The number of halogens is 1. The molecule has 0 N–H and O–H groups in total. The smallest absolute Gasteiger partial charge is 0.265 e. The lowest BCUT2D eigenvalue weighted by Gasteiger charge is -2.24. The molecule has 7 rings (SSSR count). The Bertz CT molecular complexity index is 2100. The van der Waals surface area contributed by atoms with Crippen LogP contribution in [-0.4, -0.2) is 80.6 Å². The van der Waals surface area contributed by atoms with Crippen LogP contribution in [0.4, 0.5) is 4.39 Å². The van der Waals surface area contributed by atoms with Crippen molar-refractivity contribution in [2.24, 2.45) is 25.9 Å². The third-order valence-electron chi connectivity index (χ3n) is 8.45. The van der Waals surface area contributed by atoms with Crippen molar-refractivity contribution in [3.05, 3.63) is 71.9 Å². The number of hydrogen-bond donors (Lipinski definition) is 0. The molecule has 3 aromatic heterocycles. The Morgan fingerprint density at radius 1 is 0.953 bits per heavy atom. The molecule has 0 bridgehead atoms. The minimum atomic E-state index is -4.18. The first-order valence-electron chi connectivity index (χ1n) is 13.3. The molecule has 0 amide bonds. The largest absolute Gasteiger partial charge is 0.318 e. The number of sulfonamides is 1. The molecule has 1 saturated heterocycles. The molecule has 14 nitrogen and oxygen atoms in total. The highest BCUT2D eigenvalue weighted by Gasteiger charge is 2.71. The van der Waals surface area contributed by atoms with E-state index in [0.717, 1.165) is 33.0 Å². The van der Waals surface area contributed by atoms with Crippen LogP contribution in [-0.2, 0) is 43.8 Å². The monoisotopic (exact) mass is 627 g/mol. The van der Waals surface area contributed by atoms with Crippen molar-refractivity contribution >= 4 is 31.0 Å². The lowest BCUT2D eigenvalue weighted by molar-refractivity contribution is 0.264. The lowest BCUT2D eigenvalue weighted by atomic mass is 9.88. The fourth-order valence-corrected chi connectivity index (χ4v) is 8.60. The molecule has 3 atom stereocenters. The van der Waals surface area contributed by atoms with Gasteiger partial charge in [-0.05, 0) is 66.3 Å². The molecule has 2 aromatic carbocycles. The van der Waals surface area contributed by atoms with Crippen LogP contribution in [0.3, 0.4) is 0 Å². The van der Waals surface area contributed by atoms with Gasteiger partial charge in [0.15, 0.2) is 0 Å². The van der Waals surface area contributed by atoms with Gasteiger partial charge < -0.3 is 0 Å². The highest BCUT2D eigenvalue weighted by atomic mass is 32.2. The Balaban J connectivity index is 1.26. The molecule has 17 heteroatoms. The van der Waals surface area contributed by atoms with Gasteiger partial charge in [0, 0.05) is 38.0 Å². The quantitative estimate of drug-likeness (QED) is 0.230. The lowest BCUT2D eigenvalue weighted by Crippen LogP contribution is -2.36. The van der Waals surface area contributed by atoms with Gasteiger partial charge in [0.05, 0.1) is 36.4 Å². The highest BCUT2D eigenvalue weighted by Crippen LogP contribution is 2.65. The molecule has 1 aliphatic heterocycles. The number of aromatic nitrogens is 8. The zero-order valence-corrected chi connectivity index (χ0v) is 24.9. The number of aryl methyl sites for hydroxylation is 3. The Kier molecular flexibility index (Phi) is 6.11. The van der Waals surface area contributed by atoms with Gasteiger partial charge in [-0.2, -0.15) is 37.6 Å². The standard InChI is InChI=1S/C26H26FN9O5S2/c1-16-8-23-17(10-30-36(23)19-6-4-18(27)5-7-19)9-20(16)26-15-35(42(37,38)24-11-28-33(2)31-24)13-21(26)22(26)14-41-43(39,40)25-12-29-34(3)32-25/h4-12,21-22H,13-15H2,1-3H3/t21-,22-,26+/m1/s1. The summed E-state index contributed by atoms with van der Waals surface area (Å²) in [4.78, 5) is 2.31. The zero-order chi connectivity index (χ0) is 30.3. The minimum Gasteiger partial charge on any atom is -0.265 e. The maximum Gasteiger partial charge on any atom is 0.318 e. The molecule has 224 valence electrons. The van der Waals surface area contributed by atoms with E-state index in [-0.39, 0.29) is 47.4 Å². The predicted molar refractivity (Wildman–Crippen MR) is 148 cm³/mol. The summed E-state index contributed by atoms with van der Waals surface area (Å²) in [7, 11) is -5.09. The summed E-state index contributed by atoms with van der Waals surface area (Å²) in [5.41, 5.74) is 2.52. The Hall–Kier alpha value is -4.06. The van der Waals surface area contributed by atoms with Gasteiger partial charge in [-0.15, -0.1) is 10.2 Å². The van der Waals surface area contributed by atoms with Crippen molar-refractivity contribution in [1.82, 2.24) is 44.1 Å². The van der Waals surface area contributed by atoms with E-state index in [1.54, 1.807) is 23.0 Å². The third kappa shape index (κ3) is 4.37. The van der Waals surface area contributed by atoms with E-state index in [1.165, 1.54) is 41.5 Å². The average molecular weight is 628 g/mol. The molecule has 0 spiro atoms. The zero-order valence-electron chi connectivity index (χ0n) is 23.2. The number of rotatable bonds is 8. The second kappa shape index (κ2) is 9.47. The van der Waals surface area contributed by atoms with Gasteiger partial charge in [0.25, 0.3) is 10.0 Å². The molecule has 1 aliphatic carbocycles. The van der Waals surface area contributed by atoms with Crippen LogP contribution >= 0.6 is 0 Å². The molecule has 5 aromatic rings. The molecular weight excluding hydrogens is 601 g/mol. The summed E-state index contributed by atoms with van der Waals surface area (Å²) < 4.78 is 74.8. The van der Waals surface area contributed by atoms with Crippen LogP contribution in [0.1, 0.15) is 11.1 Å². The number of benzene rings is 2. The van der Waals surface area contributed by atoms with E-state index in [9.17, 15) is 21.2 Å². The van der Waals surface area contributed by atoms with E-state index >= 15 is 0 Å². The van der Waals surface area contributed by atoms with Crippen molar-refractivity contribution in [3.8, 4) is 5.69 Å². The molecule has 43 heavy (non-hydrogen) atoms. The Morgan fingerprint density at radius 3 is 2.28 bits per heavy atom. The van der Waals surface area contributed by atoms with E-state index in [0.29, 0.717) is 5.69 Å². The fourth-order valence-electron chi connectivity index (χ4n) is 6.35. The van der Waals surface area contributed by atoms with E-state index in [1.807, 2.05) is 19.1 Å². The first kappa shape index (κ1) is 27.8. The maximum absolute atomic E-state index is 13.5. The van der Waals surface area contributed by atoms with Crippen LogP contribution < -0.4 is 0 Å². The van der Waals surface area contributed by atoms with Crippen LogP contribution in [0, 0.1) is 24.6 Å². The van der Waals surface area contributed by atoms with Crippen LogP contribution in [0.5, 0.6) is 0 Å². The van der Waals surface area contributed by atoms with Gasteiger partial charge in [-0.3, -0.25) is 4.18 Å². The molecule has 2 aliphatic rings. The van der Waals surface area contributed by atoms with Crippen molar-refractivity contribution in [2.45, 2.75) is 22.4 Å². The summed E-state index contributed by atoms with van der Waals surface area (Å²) in [6.45, 7) is 2.03. The van der Waals surface area contributed by atoms with Crippen LogP contribution in [0.2, 0.25) is 0 Å². The Morgan fingerprint density at radius 2 is 1.63 bits per heavy atom. The second-order valence-electron chi connectivity index (χ2n) is 10.9. The highest BCUT2D eigenvalue weighted by molar-refractivity contribution is 7.89. The third-order valence-corrected chi connectivity index (χ3v) is 11.3. The summed E-state index contributed by atoms with van der Waals surface area (Å²) in [6.07, 6.45) is 4.02. The average Bonchev–Trinajstić information content (AvgIpc) is 3.58. The topological polar surface area (TPSA) is 160 Å². The molecule has 0 radical (unpaired) electrons. The van der Waals surface area contributed by atoms with Crippen molar-refractivity contribution in [1.29, 1.82) is 0 Å². The first-order valence-corrected chi connectivity index (χ1v) is 16.1. The number of piperidine rings is 1. The minimum absolute atomic E-state index is 0.105. The molecule has 1 saturated carbocycles. The SMILES string of the molecule is Cc1cc2c(cnn2-c2ccc(F)cc2)cc1[C@@]12CN(S(=O)(=O)c3cnn(C)n3)C[C@@H]1[C@H]2COS(=O)(=O)c1cnn(C)n1. The van der Waals surface area contributed by atoms with Gasteiger partial charge in [0.1, 0.15) is 5.82 Å². The van der Waals surface area contributed by atoms with Crippen molar-refractivity contribution in [3.63, 3.8) is 0 Å². The van der Waals surface area contributed by atoms with E-state index < -0.39 is 25.6 Å². The maximum atomic E-state index is 13.5.